The Kier molecular flexibility index (Phi) is 6.38. The SMILES string of the molecule is CC(C)(C)OC(=O)c1ccc(-c2cccs2)cc1NC(=O)c1cncc(-c2ccccc2)c1. The van der Waals surface area contributed by atoms with Crippen molar-refractivity contribution in [3.05, 3.63) is 95.6 Å². The van der Waals surface area contributed by atoms with Gasteiger partial charge in [-0.05, 0) is 61.5 Å². The smallest absolute Gasteiger partial charge is 0.340 e. The summed E-state index contributed by atoms with van der Waals surface area (Å²) in [5.41, 5.74) is 3.14. The number of nitrogens with zero attached hydrogens (tertiary/aromatic N) is 1. The van der Waals surface area contributed by atoms with Gasteiger partial charge in [-0.2, -0.15) is 0 Å². The van der Waals surface area contributed by atoms with Crippen LogP contribution in [0.4, 0.5) is 5.69 Å². The standard InChI is InChI=1S/C27H24N2O3S/c1-27(2,3)32-26(31)22-12-11-19(24-10-7-13-33-24)15-23(22)29-25(30)21-14-20(16-28-17-21)18-8-5-4-6-9-18/h4-17H,1-3H3,(H,29,30). The molecule has 0 bridgehead atoms. The van der Waals surface area contributed by atoms with E-state index in [2.05, 4.69) is 10.3 Å². The van der Waals surface area contributed by atoms with E-state index in [4.69, 9.17) is 4.74 Å². The maximum absolute atomic E-state index is 13.2. The van der Waals surface area contributed by atoms with Crippen LogP contribution in [0.5, 0.6) is 0 Å². The fourth-order valence-corrected chi connectivity index (χ4v) is 4.03. The Morgan fingerprint density at radius 2 is 1.67 bits per heavy atom. The number of aromatic nitrogens is 1. The van der Waals surface area contributed by atoms with Crippen LogP contribution < -0.4 is 5.32 Å². The normalized spacial score (nSPS) is 11.1. The molecule has 5 nitrogen and oxygen atoms in total. The Morgan fingerprint density at radius 1 is 0.879 bits per heavy atom. The van der Waals surface area contributed by atoms with Crippen LogP contribution in [0, 0.1) is 0 Å². The van der Waals surface area contributed by atoms with Gasteiger partial charge in [0.1, 0.15) is 5.60 Å². The minimum absolute atomic E-state index is 0.297. The molecular formula is C27H24N2O3S. The summed E-state index contributed by atoms with van der Waals surface area (Å²) in [5, 5.41) is 4.88. The van der Waals surface area contributed by atoms with Crippen LogP contribution >= 0.6 is 11.3 Å². The van der Waals surface area contributed by atoms with Gasteiger partial charge in [-0.3, -0.25) is 9.78 Å². The first-order valence-electron chi connectivity index (χ1n) is 10.5. The molecule has 2 heterocycles. The predicted octanol–water partition coefficient (Wildman–Crippen LogP) is 6.68. The molecular weight excluding hydrogens is 432 g/mol. The lowest BCUT2D eigenvalue weighted by Gasteiger charge is -2.21. The van der Waals surface area contributed by atoms with Gasteiger partial charge in [0.25, 0.3) is 5.91 Å². The van der Waals surface area contributed by atoms with Crippen molar-refractivity contribution in [2.24, 2.45) is 0 Å². The van der Waals surface area contributed by atoms with Crippen molar-refractivity contribution in [3.8, 4) is 21.6 Å². The second kappa shape index (κ2) is 9.38. The molecule has 0 aliphatic heterocycles. The molecule has 0 aliphatic carbocycles. The molecule has 4 aromatic rings. The summed E-state index contributed by atoms with van der Waals surface area (Å²) in [5.74, 6) is -0.847. The first-order chi connectivity index (χ1) is 15.8. The fraction of sp³-hybridized carbons (Fsp3) is 0.148. The first-order valence-corrected chi connectivity index (χ1v) is 11.4. The van der Waals surface area contributed by atoms with Crippen LogP contribution in [0.25, 0.3) is 21.6 Å². The van der Waals surface area contributed by atoms with Crippen molar-refractivity contribution >= 4 is 28.9 Å². The van der Waals surface area contributed by atoms with E-state index in [-0.39, 0.29) is 5.91 Å². The molecule has 0 spiro atoms. The minimum atomic E-state index is -0.654. The number of hydrogen-bond acceptors (Lipinski definition) is 5. The van der Waals surface area contributed by atoms with E-state index >= 15 is 0 Å². The summed E-state index contributed by atoms with van der Waals surface area (Å²) < 4.78 is 5.56. The summed E-state index contributed by atoms with van der Waals surface area (Å²) in [4.78, 5) is 31.3. The highest BCUT2D eigenvalue weighted by Gasteiger charge is 2.22. The van der Waals surface area contributed by atoms with E-state index in [1.54, 1.807) is 35.7 Å². The largest absolute Gasteiger partial charge is 0.456 e. The van der Waals surface area contributed by atoms with Crippen molar-refractivity contribution in [1.29, 1.82) is 0 Å². The molecule has 0 unspecified atom stereocenters. The van der Waals surface area contributed by atoms with Crippen LogP contribution in [0.1, 0.15) is 41.5 Å². The van der Waals surface area contributed by atoms with E-state index in [0.717, 1.165) is 21.6 Å². The number of thiophene rings is 1. The Bertz CT molecular complexity index is 1280. The maximum atomic E-state index is 13.2. The van der Waals surface area contributed by atoms with Gasteiger partial charge in [-0.1, -0.05) is 42.5 Å². The summed E-state index contributed by atoms with van der Waals surface area (Å²) in [6.07, 6.45) is 3.23. The lowest BCUT2D eigenvalue weighted by Crippen LogP contribution is -2.25. The van der Waals surface area contributed by atoms with E-state index in [1.165, 1.54) is 6.20 Å². The zero-order chi connectivity index (χ0) is 23.4. The third kappa shape index (κ3) is 5.54. The quantitative estimate of drug-likeness (QED) is 0.340. The highest BCUT2D eigenvalue weighted by atomic mass is 32.1. The van der Waals surface area contributed by atoms with E-state index in [9.17, 15) is 9.59 Å². The van der Waals surface area contributed by atoms with Gasteiger partial charge in [0, 0.05) is 22.8 Å². The van der Waals surface area contributed by atoms with Crippen molar-refractivity contribution < 1.29 is 14.3 Å². The average molecular weight is 457 g/mol. The van der Waals surface area contributed by atoms with Gasteiger partial charge in [-0.25, -0.2) is 4.79 Å². The highest BCUT2D eigenvalue weighted by molar-refractivity contribution is 7.13. The average Bonchev–Trinajstić information content (AvgIpc) is 3.33. The number of benzene rings is 2. The number of pyridine rings is 1. The number of rotatable bonds is 5. The fourth-order valence-electron chi connectivity index (χ4n) is 3.30. The van der Waals surface area contributed by atoms with Crippen molar-refractivity contribution in [2.75, 3.05) is 5.32 Å². The van der Waals surface area contributed by atoms with Crippen LogP contribution in [-0.2, 0) is 4.74 Å². The third-order valence-electron chi connectivity index (χ3n) is 4.80. The number of hydrogen-bond donors (Lipinski definition) is 1. The van der Waals surface area contributed by atoms with Gasteiger partial charge >= 0.3 is 5.97 Å². The predicted molar refractivity (Wildman–Crippen MR) is 133 cm³/mol. The highest BCUT2D eigenvalue weighted by Crippen LogP contribution is 2.30. The molecule has 1 N–H and O–H groups in total. The molecule has 6 heteroatoms. The third-order valence-corrected chi connectivity index (χ3v) is 5.72. The molecule has 0 radical (unpaired) electrons. The van der Waals surface area contributed by atoms with Gasteiger partial charge in [0.05, 0.1) is 16.8 Å². The topological polar surface area (TPSA) is 68.3 Å². The van der Waals surface area contributed by atoms with Crippen LogP contribution in [-0.4, -0.2) is 22.5 Å². The monoisotopic (exact) mass is 456 g/mol. The number of esters is 1. The Hall–Kier alpha value is -3.77. The van der Waals surface area contributed by atoms with Crippen LogP contribution in [0.15, 0.2) is 84.5 Å². The Labute approximate surface area is 197 Å². The number of nitrogens with one attached hydrogen (secondary N) is 1. The minimum Gasteiger partial charge on any atom is -0.456 e. The molecule has 33 heavy (non-hydrogen) atoms. The van der Waals surface area contributed by atoms with E-state index in [1.807, 2.05) is 74.7 Å². The summed E-state index contributed by atoms with van der Waals surface area (Å²) >= 11 is 1.58. The van der Waals surface area contributed by atoms with Crippen molar-refractivity contribution in [2.45, 2.75) is 26.4 Å². The number of anilines is 1. The summed E-state index contributed by atoms with van der Waals surface area (Å²) in [6.45, 7) is 5.43. The summed E-state index contributed by atoms with van der Waals surface area (Å²) in [7, 11) is 0. The van der Waals surface area contributed by atoms with Crippen LogP contribution in [0.3, 0.4) is 0 Å². The van der Waals surface area contributed by atoms with Gasteiger partial charge in [-0.15, -0.1) is 11.3 Å². The second-order valence-electron chi connectivity index (χ2n) is 8.52. The first kappa shape index (κ1) is 22.4. The number of carbonyl (C=O) groups is 2. The Balaban J connectivity index is 1.67. The molecule has 4 rings (SSSR count). The molecule has 166 valence electrons. The maximum Gasteiger partial charge on any atom is 0.340 e. The lowest BCUT2D eigenvalue weighted by molar-refractivity contribution is 0.00708. The molecule has 1 amide bonds. The molecule has 0 saturated heterocycles. The Morgan fingerprint density at radius 3 is 2.36 bits per heavy atom. The number of amides is 1. The van der Waals surface area contributed by atoms with Gasteiger partial charge in [0.2, 0.25) is 0 Å². The van der Waals surface area contributed by atoms with Crippen molar-refractivity contribution in [3.63, 3.8) is 0 Å². The molecule has 0 aliphatic rings. The molecule has 0 fully saturated rings. The zero-order valence-electron chi connectivity index (χ0n) is 18.7. The van der Waals surface area contributed by atoms with E-state index in [0.29, 0.717) is 16.8 Å². The molecule has 0 saturated carbocycles. The van der Waals surface area contributed by atoms with Gasteiger partial charge < -0.3 is 10.1 Å². The molecule has 2 aromatic carbocycles. The van der Waals surface area contributed by atoms with Crippen molar-refractivity contribution in [1.82, 2.24) is 4.98 Å². The number of ether oxygens (including phenoxy) is 1. The summed E-state index contributed by atoms with van der Waals surface area (Å²) in [6, 6.07) is 20.8. The van der Waals surface area contributed by atoms with E-state index < -0.39 is 11.6 Å². The zero-order valence-corrected chi connectivity index (χ0v) is 19.5. The molecule has 0 atom stereocenters. The van der Waals surface area contributed by atoms with Crippen LogP contribution in [0.2, 0.25) is 0 Å². The number of carbonyl (C=O) groups excluding carboxylic acids is 2. The second-order valence-corrected chi connectivity index (χ2v) is 9.47. The van der Waals surface area contributed by atoms with Gasteiger partial charge in [0.15, 0.2) is 0 Å². The molecule has 2 aromatic heterocycles. The lowest BCUT2D eigenvalue weighted by atomic mass is 10.0.